The van der Waals surface area contributed by atoms with Crippen LogP contribution in [0.25, 0.3) is 10.7 Å². The molecule has 3 heterocycles. The van der Waals surface area contributed by atoms with Crippen LogP contribution in [0.3, 0.4) is 0 Å². The summed E-state index contributed by atoms with van der Waals surface area (Å²) in [6.07, 6.45) is 3.65. The molecule has 0 radical (unpaired) electrons. The molecule has 1 amide bonds. The van der Waals surface area contributed by atoms with Gasteiger partial charge in [-0.1, -0.05) is 12.1 Å². The Kier molecular flexibility index (Phi) is 5.12. The first kappa shape index (κ1) is 16.1. The molecule has 0 spiro atoms. The van der Waals surface area contributed by atoms with Crippen molar-refractivity contribution in [3.05, 3.63) is 59.4 Å². The predicted octanol–water partition coefficient (Wildman–Crippen LogP) is 2.47. The first-order valence-electron chi connectivity index (χ1n) is 7.36. The number of carbonyl (C=O) groups excluding carboxylic acids is 1. The zero-order valence-electron chi connectivity index (χ0n) is 13.1. The van der Waals surface area contributed by atoms with E-state index in [9.17, 15) is 4.79 Å². The second-order valence-corrected chi connectivity index (χ2v) is 5.88. The SMILES string of the molecule is COc1ccc(CNC(=O)Cc2csc(-c3ccccn3)n2)cn1. The largest absolute Gasteiger partial charge is 0.481 e. The molecule has 7 heteroatoms. The zero-order chi connectivity index (χ0) is 16.8. The highest BCUT2D eigenvalue weighted by molar-refractivity contribution is 7.13. The number of aromatic nitrogens is 3. The second-order valence-electron chi connectivity index (χ2n) is 5.02. The molecule has 122 valence electrons. The third-order valence-corrected chi connectivity index (χ3v) is 4.19. The van der Waals surface area contributed by atoms with E-state index in [0.717, 1.165) is 22.0 Å². The summed E-state index contributed by atoms with van der Waals surface area (Å²) in [5.74, 6) is 0.471. The minimum Gasteiger partial charge on any atom is -0.481 e. The number of methoxy groups -OCH3 is 1. The molecule has 0 fully saturated rings. The van der Waals surface area contributed by atoms with Crippen LogP contribution in [0.15, 0.2) is 48.1 Å². The van der Waals surface area contributed by atoms with Gasteiger partial charge in [-0.15, -0.1) is 11.3 Å². The fourth-order valence-corrected chi connectivity index (χ4v) is 2.85. The van der Waals surface area contributed by atoms with Gasteiger partial charge in [0, 0.05) is 30.4 Å². The van der Waals surface area contributed by atoms with Crippen LogP contribution in [0.2, 0.25) is 0 Å². The molecule has 0 aliphatic carbocycles. The maximum Gasteiger partial charge on any atom is 0.226 e. The van der Waals surface area contributed by atoms with Crippen LogP contribution >= 0.6 is 11.3 Å². The summed E-state index contributed by atoms with van der Waals surface area (Å²) in [7, 11) is 1.57. The average molecular weight is 340 g/mol. The molecule has 0 unspecified atom stereocenters. The standard InChI is InChI=1S/C17H16N4O2S/c1-23-16-6-5-12(10-20-16)9-19-15(22)8-13-11-24-17(21-13)14-4-2-3-7-18-14/h2-7,10-11H,8-9H2,1H3,(H,19,22). The summed E-state index contributed by atoms with van der Waals surface area (Å²) in [6.45, 7) is 0.424. The van der Waals surface area contributed by atoms with Gasteiger partial charge in [-0.3, -0.25) is 9.78 Å². The predicted molar refractivity (Wildman–Crippen MR) is 91.7 cm³/mol. The van der Waals surface area contributed by atoms with E-state index in [0.29, 0.717) is 12.4 Å². The van der Waals surface area contributed by atoms with Crippen molar-refractivity contribution < 1.29 is 9.53 Å². The van der Waals surface area contributed by atoms with E-state index in [-0.39, 0.29) is 12.3 Å². The molecule has 24 heavy (non-hydrogen) atoms. The normalized spacial score (nSPS) is 10.4. The first-order chi connectivity index (χ1) is 11.7. The van der Waals surface area contributed by atoms with Gasteiger partial charge in [0.2, 0.25) is 11.8 Å². The Morgan fingerprint density at radius 1 is 1.25 bits per heavy atom. The van der Waals surface area contributed by atoms with Crippen LogP contribution in [0.1, 0.15) is 11.3 Å². The van der Waals surface area contributed by atoms with E-state index >= 15 is 0 Å². The Balaban J connectivity index is 1.54. The number of hydrogen-bond acceptors (Lipinski definition) is 6. The Morgan fingerprint density at radius 2 is 2.17 bits per heavy atom. The molecule has 0 saturated heterocycles. The van der Waals surface area contributed by atoms with Gasteiger partial charge in [-0.05, 0) is 17.7 Å². The minimum atomic E-state index is -0.0799. The molecule has 0 bridgehead atoms. The van der Waals surface area contributed by atoms with Crippen molar-refractivity contribution in [1.29, 1.82) is 0 Å². The minimum absolute atomic E-state index is 0.0799. The van der Waals surface area contributed by atoms with Crippen molar-refractivity contribution in [3.63, 3.8) is 0 Å². The lowest BCUT2D eigenvalue weighted by atomic mass is 10.2. The summed E-state index contributed by atoms with van der Waals surface area (Å²) < 4.78 is 5.00. The van der Waals surface area contributed by atoms with Gasteiger partial charge in [0.05, 0.1) is 24.9 Å². The van der Waals surface area contributed by atoms with Crippen molar-refractivity contribution in [2.24, 2.45) is 0 Å². The van der Waals surface area contributed by atoms with Crippen LogP contribution < -0.4 is 10.1 Å². The number of rotatable bonds is 6. The van der Waals surface area contributed by atoms with Gasteiger partial charge in [0.1, 0.15) is 5.01 Å². The molecule has 6 nitrogen and oxygen atoms in total. The van der Waals surface area contributed by atoms with Gasteiger partial charge < -0.3 is 10.1 Å². The second kappa shape index (κ2) is 7.65. The van der Waals surface area contributed by atoms with Crippen LogP contribution in [0, 0.1) is 0 Å². The van der Waals surface area contributed by atoms with Gasteiger partial charge in [0.15, 0.2) is 0 Å². The maximum absolute atomic E-state index is 12.0. The van der Waals surface area contributed by atoms with Crippen LogP contribution in [-0.2, 0) is 17.8 Å². The molecular weight excluding hydrogens is 324 g/mol. The van der Waals surface area contributed by atoms with E-state index in [4.69, 9.17) is 4.74 Å². The fourth-order valence-electron chi connectivity index (χ4n) is 2.06. The van der Waals surface area contributed by atoms with E-state index in [2.05, 4.69) is 20.3 Å². The summed E-state index contributed by atoms with van der Waals surface area (Å²) >= 11 is 1.49. The summed E-state index contributed by atoms with van der Waals surface area (Å²) in [5.41, 5.74) is 2.47. The number of nitrogens with zero attached hydrogens (tertiary/aromatic N) is 3. The number of thiazole rings is 1. The molecule has 3 aromatic rings. The van der Waals surface area contributed by atoms with Gasteiger partial charge in [0.25, 0.3) is 0 Å². The molecule has 0 atom stereocenters. The summed E-state index contributed by atoms with van der Waals surface area (Å²) in [5, 5.41) is 5.57. The zero-order valence-corrected chi connectivity index (χ0v) is 13.9. The van der Waals surface area contributed by atoms with Crippen LogP contribution in [0.5, 0.6) is 5.88 Å². The number of nitrogens with one attached hydrogen (secondary N) is 1. The first-order valence-corrected chi connectivity index (χ1v) is 8.24. The lowest BCUT2D eigenvalue weighted by Crippen LogP contribution is -2.24. The number of hydrogen-bond donors (Lipinski definition) is 1. The Morgan fingerprint density at radius 3 is 2.88 bits per heavy atom. The average Bonchev–Trinajstić information content (AvgIpc) is 3.09. The Hall–Kier alpha value is -2.80. The fraction of sp³-hybridized carbons (Fsp3) is 0.176. The molecule has 1 N–H and O–H groups in total. The number of pyridine rings is 2. The molecule has 0 aliphatic rings. The van der Waals surface area contributed by atoms with Gasteiger partial charge in [-0.25, -0.2) is 9.97 Å². The van der Waals surface area contributed by atoms with E-state index in [1.807, 2.05) is 29.6 Å². The van der Waals surface area contributed by atoms with Crippen molar-refractivity contribution in [1.82, 2.24) is 20.3 Å². The summed E-state index contributed by atoms with van der Waals surface area (Å²) in [6, 6.07) is 9.31. The number of amides is 1. The highest BCUT2D eigenvalue weighted by atomic mass is 32.1. The van der Waals surface area contributed by atoms with Gasteiger partial charge >= 0.3 is 0 Å². The number of carbonyl (C=O) groups is 1. The molecule has 3 rings (SSSR count). The van der Waals surface area contributed by atoms with Crippen molar-refractivity contribution >= 4 is 17.2 Å². The third-order valence-electron chi connectivity index (χ3n) is 3.27. The molecule has 0 saturated carbocycles. The highest BCUT2D eigenvalue weighted by Gasteiger charge is 2.09. The highest BCUT2D eigenvalue weighted by Crippen LogP contribution is 2.21. The van der Waals surface area contributed by atoms with E-state index in [1.54, 1.807) is 25.6 Å². The van der Waals surface area contributed by atoms with Gasteiger partial charge in [-0.2, -0.15) is 0 Å². The Bertz CT molecular complexity index is 803. The van der Waals surface area contributed by atoms with Crippen molar-refractivity contribution in [3.8, 4) is 16.6 Å². The van der Waals surface area contributed by atoms with Crippen molar-refractivity contribution in [2.45, 2.75) is 13.0 Å². The monoisotopic (exact) mass is 340 g/mol. The molecule has 0 aliphatic heterocycles. The van der Waals surface area contributed by atoms with Crippen LogP contribution in [-0.4, -0.2) is 28.0 Å². The summed E-state index contributed by atoms with van der Waals surface area (Å²) in [4.78, 5) is 24.9. The smallest absolute Gasteiger partial charge is 0.226 e. The lowest BCUT2D eigenvalue weighted by Gasteiger charge is -2.05. The van der Waals surface area contributed by atoms with E-state index in [1.165, 1.54) is 11.3 Å². The van der Waals surface area contributed by atoms with Crippen LogP contribution in [0.4, 0.5) is 0 Å². The molecular formula is C17H16N4O2S. The Labute approximate surface area is 143 Å². The quantitative estimate of drug-likeness (QED) is 0.746. The van der Waals surface area contributed by atoms with Crippen molar-refractivity contribution in [2.75, 3.05) is 7.11 Å². The maximum atomic E-state index is 12.0. The molecule has 3 aromatic heterocycles. The topological polar surface area (TPSA) is 77.0 Å². The third kappa shape index (κ3) is 4.14. The van der Waals surface area contributed by atoms with E-state index < -0.39 is 0 Å². The lowest BCUT2D eigenvalue weighted by molar-refractivity contribution is -0.120. The molecule has 0 aromatic carbocycles. The number of ether oxygens (including phenoxy) is 1.